The molecular weight excluding hydrogens is 217 g/mol. The summed E-state index contributed by atoms with van der Waals surface area (Å²) in [6.45, 7) is 4.92. The Morgan fingerprint density at radius 2 is 2.18 bits per heavy atom. The van der Waals surface area contributed by atoms with Gasteiger partial charge in [0, 0.05) is 25.7 Å². The van der Waals surface area contributed by atoms with Crippen molar-refractivity contribution in [3.05, 3.63) is 29.6 Å². The van der Waals surface area contributed by atoms with Crippen LogP contribution in [0.4, 0.5) is 10.1 Å². The zero-order valence-corrected chi connectivity index (χ0v) is 10.2. The lowest BCUT2D eigenvalue weighted by molar-refractivity contribution is 0.275. The Hall–Kier alpha value is -1.60. The fourth-order valence-electron chi connectivity index (χ4n) is 2.35. The number of anilines is 1. The molecule has 1 aromatic rings. The molecule has 1 aliphatic heterocycles. The highest BCUT2D eigenvalue weighted by Gasteiger charge is 2.23. The monoisotopic (exact) mass is 233 g/mol. The number of benzene rings is 1. The van der Waals surface area contributed by atoms with Crippen molar-refractivity contribution < 1.29 is 4.39 Å². The molecule has 1 aromatic carbocycles. The molecule has 0 N–H and O–H groups in total. The molecule has 0 spiro atoms. The van der Waals surface area contributed by atoms with Gasteiger partial charge in [0.15, 0.2) is 0 Å². The van der Waals surface area contributed by atoms with Crippen molar-refractivity contribution >= 4 is 5.69 Å². The lowest BCUT2D eigenvalue weighted by Crippen LogP contribution is -2.50. The van der Waals surface area contributed by atoms with Crippen molar-refractivity contribution in [2.45, 2.75) is 13.0 Å². The molecule has 1 unspecified atom stereocenters. The fraction of sp³-hybridized carbons (Fsp3) is 0.462. The number of hydrogen-bond acceptors (Lipinski definition) is 3. The lowest BCUT2D eigenvalue weighted by Gasteiger charge is -2.40. The molecule has 0 aliphatic carbocycles. The lowest BCUT2D eigenvalue weighted by atomic mass is 10.1. The van der Waals surface area contributed by atoms with E-state index < -0.39 is 0 Å². The van der Waals surface area contributed by atoms with Gasteiger partial charge in [-0.2, -0.15) is 5.26 Å². The van der Waals surface area contributed by atoms with E-state index in [0.29, 0.717) is 11.6 Å². The molecule has 1 fully saturated rings. The van der Waals surface area contributed by atoms with Gasteiger partial charge < -0.3 is 9.80 Å². The van der Waals surface area contributed by atoms with Gasteiger partial charge in [-0.05, 0) is 32.2 Å². The van der Waals surface area contributed by atoms with Crippen LogP contribution in [0.3, 0.4) is 0 Å². The van der Waals surface area contributed by atoms with Gasteiger partial charge in [-0.1, -0.05) is 0 Å². The Bertz CT molecular complexity index is 452. The van der Waals surface area contributed by atoms with Crippen molar-refractivity contribution in [3.8, 4) is 6.07 Å². The Balaban J connectivity index is 2.31. The summed E-state index contributed by atoms with van der Waals surface area (Å²) in [5.74, 6) is -0.355. The quantitative estimate of drug-likeness (QED) is 0.741. The summed E-state index contributed by atoms with van der Waals surface area (Å²) < 4.78 is 13.1. The highest BCUT2D eigenvalue weighted by molar-refractivity contribution is 5.60. The van der Waals surface area contributed by atoms with Crippen molar-refractivity contribution in [2.75, 3.05) is 31.6 Å². The molecule has 3 nitrogen and oxygen atoms in total. The zero-order valence-electron chi connectivity index (χ0n) is 10.2. The van der Waals surface area contributed by atoms with E-state index in [0.717, 1.165) is 25.3 Å². The second-order valence-corrected chi connectivity index (χ2v) is 4.58. The minimum absolute atomic E-state index is 0.339. The average molecular weight is 233 g/mol. The predicted octanol–water partition coefficient (Wildman–Crippen LogP) is 1.84. The molecule has 90 valence electrons. The van der Waals surface area contributed by atoms with Gasteiger partial charge in [-0.3, -0.25) is 0 Å². The number of nitriles is 1. The first-order valence-corrected chi connectivity index (χ1v) is 5.76. The van der Waals surface area contributed by atoms with Crippen LogP contribution < -0.4 is 4.90 Å². The fourth-order valence-corrected chi connectivity index (χ4v) is 2.35. The van der Waals surface area contributed by atoms with Gasteiger partial charge in [0.25, 0.3) is 0 Å². The molecule has 0 bridgehead atoms. The van der Waals surface area contributed by atoms with Gasteiger partial charge in [-0.15, -0.1) is 0 Å². The molecule has 1 heterocycles. The summed E-state index contributed by atoms with van der Waals surface area (Å²) in [6.07, 6.45) is 0. The molecule has 0 aromatic heterocycles. The first-order valence-electron chi connectivity index (χ1n) is 5.76. The van der Waals surface area contributed by atoms with E-state index in [4.69, 9.17) is 5.26 Å². The summed E-state index contributed by atoms with van der Waals surface area (Å²) in [7, 11) is 2.09. The van der Waals surface area contributed by atoms with Gasteiger partial charge >= 0.3 is 0 Å². The first-order chi connectivity index (χ1) is 8.11. The maximum Gasteiger partial charge on any atom is 0.124 e. The summed E-state index contributed by atoms with van der Waals surface area (Å²) in [5.41, 5.74) is 1.26. The van der Waals surface area contributed by atoms with E-state index in [1.165, 1.54) is 12.1 Å². The number of hydrogen-bond donors (Lipinski definition) is 0. The third kappa shape index (κ3) is 2.40. The Kier molecular flexibility index (Phi) is 3.30. The predicted molar refractivity (Wildman–Crippen MR) is 65.4 cm³/mol. The Morgan fingerprint density at radius 1 is 1.41 bits per heavy atom. The maximum absolute atomic E-state index is 13.1. The molecule has 4 heteroatoms. The van der Waals surface area contributed by atoms with Gasteiger partial charge in [-0.25, -0.2) is 4.39 Å². The van der Waals surface area contributed by atoms with Crippen molar-refractivity contribution in [2.24, 2.45) is 0 Å². The number of likely N-dealkylation sites (N-methyl/N-ethyl adjacent to an activating group) is 1. The highest BCUT2D eigenvalue weighted by Crippen LogP contribution is 2.24. The van der Waals surface area contributed by atoms with Gasteiger partial charge in [0.05, 0.1) is 11.3 Å². The Labute approximate surface area is 101 Å². The molecule has 0 saturated carbocycles. The van der Waals surface area contributed by atoms with Crippen LogP contribution in [0.25, 0.3) is 0 Å². The van der Waals surface area contributed by atoms with E-state index in [2.05, 4.69) is 29.8 Å². The number of nitrogens with zero attached hydrogens (tertiary/aromatic N) is 3. The normalized spacial score (nSPS) is 21.3. The SMILES string of the molecule is CC1CN(C)CCN1c1ccc(F)cc1C#N. The van der Waals surface area contributed by atoms with E-state index in [1.807, 2.05) is 0 Å². The summed E-state index contributed by atoms with van der Waals surface area (Å²) >= 11 is 0. The van der Waals surface area contributed by atoms with E-state index in [-0.39, 0.29) is 5.82 Å². The zero-order chi connectivity index (χ0) is 12.4. The number of piperazine rings is 1. The minimum Gasteiger partial charge on any atom is -0.365 e. The van der Waals surface area contributed by atoms with Crippen LogP contribution in [0, 0.1) is 17.1 Å². The number of halogens is 1. The molecule has 2 rings (SSSR count). The molecule has 17 heavy (non-hydrogen) atoms. The molecular formula is C13H16FN3. The van der Waals surface area contributed by atoms with Crippen LogP contribution in [-0.4, -0.2) is 37.6 Å². The summed E-state index contributed by atoms with van der Waals surface area (Å²) in [6, 6.07) is 6.84. The molecule has 0 amide bonds. The van der Waals surface area contributed by atoms with E-state index >= 15 is 0 Å². The topological polar surface area (TPSA) is 30.3 Å². The van der Waals surface area contributed by atoms with Gasteiger partial charge in [0.2, 0.25) is 0 Å². The smallest absolute Gasteiger partial charge is 0.124 e. The van der Waals surface area contributed by atoms with Crippen LogP contribution >= 0.6 is 0 Å². The molecule has 1 atom stereocenters. The second kappa shape index (κ2) is 4.72. The maximum atomic E-state index is 13.1. The average Bonchev–Trinajstić information content (AvgIpc) is 2.30. The molecule has 1 aliphatic rings. The van der Waals surface area contributed by atoms with Crippen LogP contribution in [0.15, 0.2) is 18.2 Å². The standard InChI is InChI=1S/C13H16FN3/c1-10-9-16(2)5-6-17(10)13-4-3-12(14)7-11(13)8-15/h3-4,7,10H,5-6,9H2,1-2H3. The van der Waals surface area contributed by atoms with E-state index in [9.17, 15) is 4.39 Å². The van der Waals surface area contributed by atoms with Crippen LogP contribution in [-0.2, 0) is 0 Å². The molecule has 0 radical (unpaired) electrons. The van der Waals surface area contributed by atoms with Crippen LogP contribution in [0.5, 0.6) is 0 Å². The largest absolute Gasteiger partial charge is 0.365 e. The van der Waals surface area contributed by atoms with Gasteiger partial charge in [0.1, 0.15) is 11.9 Å². The summed E-state index contributed by atoms with van der Waals surface area (Å²) in [4.78, 5) is 4.44. The number of rotatable bonds is 1. The van der Waals surface area contributed by atoms with E-state index in [1.54, 1.807) is 6.07 Å². The Morgan fingerprint density at radius 3 is 2.82 bits per heavy atom. The third-order valence-corrected chi connectivity index (χ3v) is 3.22. The van der Waals surface area contributed by atoms with Crippen LogP contribution in [0.2, 0.25) is 0 Å². The minimum atomic E-state index is -0.355. The third-order valence-electron chi connectivity index (χ3n) is 3.22. The highest BCUT2D eigenvalue weighted by atomic mass is 19.1. The molecule has 1 saturated heterocycles. The van der Waals surface area contributed by atoms with Crippen molar-refractivity contribution in [3.63, 3.8) is 0 Å². The first kappa shape index (κ1) is 11.9. The van der Waals surface area contributed by atoms with Crippen LogP contribution in [0.1, 0.15) is 12.5 Å². The summed E-state index contributed by atoms with van der Waals surface area (Å²) in [5, 5.41) is 9.06. The second-order valence-electron chi connectivity index (χ2n) is 4.58. The van der Waals surface area contributed by atoms with Crippen molar-refractivity contribution in [1.82, 2.24) is 4.90 Å². The van der Waals surface area contributed by atoms with Crippen molar-refractivity contribution in [1.29, 1.82) is 5.26 Å².